The molecule has 0 radical (unpaired) electrons. The first kappa shape index (κ1) is 35.9. The molecule has 1 aromatic carbocycles. The number of rotatable bonds is 17. The van der Waals surface area contributed by atoms with E-state index >= 15 is 0 Å². The molecule has 5 atom stereocenters. The van der Waals surface area contributed by atoms with Gasteiger partial charge in [-0.1, -0.05) is 78.3 Å². The Morgan fingerprint density at radius 2 is 1.70 bits per heavy atom. The van der Waals surface area contributed by atoms with Gasteiger partial charge in [-0.15, -0.1) is 0 Å². The summed E-state index contributed by atoms with van der Waals surface area (Å²) < 4.78 is 10.9. The summed E-state index contributed by atoms with van der Waals surface area (Å²) in [6.45, 7) is 11.7. The number of esters is 2. The lowest BCUT2D eigenvalue weighted by molar-refractivity contribution is -0.160. The zero-order valence-corrected chi connectivity index (χ0v) is 26.5. The Kier molecular flexibility index (Phi) is 14.8. The zero-order valence-electron chi connectivity index (χ0n) is 26.5. The van der Waals surface area contributed by atoms with Crippen LogP contribution < -0.4 is 5.32 Å². The standard InChI is InChI=1S/C33H50N2O8/c1-7-23(6)17-25(36)18-30(39)43-31(22(4)5)28(37)19-29(38)34-26(16-21(2)3)32(40)35-15-11-14-27(35)33(41)42-20-24-12-9-8-10-13-24/h8-10,12-13,21-23,25-27,31,36H,7,11,14-20H2,1-6H3,(H,34,38)/t23-,25+,26-,27-,31-/m0/s1. The first-order valence-electron chi connectivity index (χ1n) is 15.5. The summed E-state index contributed by atoms with van der Waals surface area (Å²) in [4.78, 5) is 66.5. The minimum Gasteiger partial charge on any atom is -0.459 e. The molecule has 0 aliphatic carbocycles. The number of carbonyl (C=O) groups excluding carboxylic acids is 5. The molecule has 1 aliphatic rings. The van der Waals surface area contributed by atoms with Crippen LogP contribution in [0.1, 0.15) is 92.1 Å². The average molecular weight is 603 g/mol. The maximum absolute atomic E-state index is 13.6. The van der Waals surface area contributed by atoms with Crippen molar-refractivity contribution >= 4 is 29.5 Å². The molecule has 10 heteroatoms. The van der Waals surface area contributed by atoms with Crippen molar-refractivity contribution in [2.75, 3.05) is 6.54 Å². The normalized spacial score (nSPS) is 17.7. The van der Waals surface area contributed by atoms with E-state index in [9.17, 15) is 29.1 Å². The van der Waals surface area contributed by atoms with E-state index in [2.05, 4.69) is 5.32 Å². The fourth-order valence-corrected chi connectivity index (χ4v) is 5.17. The maximum Gasteiger partial charge on any atom is 0.329 e. The van der Waals surface area contributed by atoms with Crippen LogP contribution in [0.25, 0.3) is 0 Å². The molecule has 240 valence electrons. The van der Waals surface area contributed by atoms with Crippen molar-refractivity contribution in [1.82, 2.24) is 10.2 Å². The molecular weight excluding hydrogens is 552 g/mol. The highest BCUT2D eigenvalue weighted by molar-refractivity contribution is 6.02. The van der Waals surface area contributed by atoms with E-state index in [0.717, 1.165) is 12.0 Å². The molecule has 0 spiro atoms. The zero-order chi connectivity index (χ0) is 32.1. The molecule has 2 N–H and O–H groups in total. The number of nitrogens with zero attached hydrogens (tertiary/aromatic N) is 1. The van der Waals surface area contributed by atoms with E-state index in [1.165, 1.54) is 4.90 Å². The Labute approximate surface area is 255 Å². The number of aliphatic hydroxyl groups is 1. The van der Waals surface area contributed by atoms with Gasteiger partial charge in [0.1, 0.15) is 18.7 Å². The Morgan fingerprint density at radius 3 is 2.30 bits per heavy atom. The fourth-order valence-electron chi connectivity index (χ4n) is 5.17. The number of ether oxygens (including phenoxy) is 2. The molecule has 0 bridgehead atoms. The van der Waals surface area contributed by atoms with E-state index in [-0.39, 0.29) is 24.9 Å². The molecule has 2 rings (SSSR count). The summed E-state index contributed by atoms with van der Waals surface area (Å²) in [5.74, 6) is -2.94. The van der Waals surface area contributed by atoms with E-state index in [1.54, 1.807) is 13.8 Å². The topological polar surface area (TPSA) is 139 Å². The minimum atomic E-state index is -1.16. The Morgan fingerprint density at radius 1 is 1.02 bits per heavy atom. The Bertz CT molecular complexity index is 1070. The molecule has 0 saturated carbocycles. The number of nitrogens with one attached hydrogen (secondary N) is 1. The van der Waals surface area contributed by atoms with E-state index in [4.69, 9.17) is 9.47 Å². The van der Waals surface area contributed by atoms with Crippen molar-refractivity contribution < 1.29 is 38.6 Å². The van der Waals surface area contributed by atoms with Gasteiger partial charge in [0.25, 0.3) is 0 Å². The second-order valence-corrected chi connectivity index (χ2v) is 12.4. The van der Waals surface area contributed by atoms with Gasteiger partial charge < -0.3 is 24.8 Å². The molecule has 1 aliphatic heterocycles. The van der Waals surface area contributed by atoms with Gasteiger partial charge in [-0.3, -0.25) is 19.2 Å². The molecular formula is C33H50N2O8. The number of amides is 2. The van der Waals surface area contributed by atoms with Crippen molar-refractivity contribution in [3.63, 3.8) is 0 Å². The molecule has 1 fully saturated rings. The summed E-state index contributed by atoms with van der Waals surface area (Å²) >= 11 is 0. The lowest BCUT2D eigenvalue weighted by atomic mass is 9.98. The predicted molar refractivity (Wildman–Crippen MR) is 161 cm³/mol. The number of Topliss-reactive ketones (excluding diaryl/α,β-unsaturated/α-hetero) is 1. The van der Waals surface area contributed by atoms with Crippen LogP contribution in [0.15, 0.2) is 30.3 Å². The lowest BCUT2D eigenvalue weighted by Crippen LogP contribution is -2.52. The van der Waals surface area contributed by atoms with Crippen LogP contribution in [0.2, 0.25) is 0 Å². The monoisotopic (exact) mass is 602 g/mol. The van der Waals surface area contributed by atoms with E-state index in [1.807, 2.05) is 58.0 Å². The second kappa shape index (κ2) is 17.8. The SMILES string of the molecule is CC[C@H](C)C[C@@H](O)CC(=O)O[C@H](C(=O)CC(=O)N[C@@H](CC(C)C)C(=O)N1CCC[C@H]1C(=O)OCc1ccccc1)C(C)C. The quantitative estimate of drug-likeness (QED) is 0.202. The van der Waals surface area contributed by atoms with Crippen LogP contribution in [-0.4, -0.2) is 70.4 Å². The summed E-state index contributed by atoms with van der Waals surface area (Å²) in [6.07, 6.45) is -0.111. The third kappa shape index (κ3) is 12.1. The molecule has 1 aromatic rings. The highest BCUT2D eigenvalue weighted by atomic mass is 16.5. The largest absolute Gasteiger partial charge is 0.459 e. The highest BCUT2D eigenvalue weighted by Gasteiger charge is 2.39. The van der Waals surface area contributed by atoms with Crippen LogP contribution in [0.5, 0.6) is 0 Å². The smallest absolute Gasteiger partial charge is 0.329 e. The van der Waals surface area contributed by atoms with Crippen molar-refractivity contribution in [3.8, 4) is 0 Å². The Balaban J connectivity index is 2.01. The molecule has 10 nitrogen and oxygen atoms in total. The van der Waals surface area contributed by atoms with E-state index in [0.29, 0.717) is 32.2 Å². The average Bonchev–Trinajstić information content (AvgIpc) is 3.44. The third-order valence-electron chi connectivity index (χ3n) is 7.66. The van der Waals surface area contributed by atoms with Crippen molar-refractivity contribution in [1.29, 1.82) is 0 Å². The number of likely N-dealkylation sites (tertiary alicyclic amines) is 1. The second-order valence-electron chi connectivity index (χ2n) is 12.4. The summed E-state index contributed by atoms with van der Waals surface area (Å²) in [5.41, 5.74) is 0.842. The van der Waals surface area contributed by atoms with Gasteiger partial charge in [0, 0.05) is 6.54 Å². The summed E-state index contributed by atoms with van der Waals surface area (Å²) in [5, 5.41) is 12.9. The van der Waals surface area contributed by atoms with Gasteiger partial charge in [-0.2, -0.15) is 0 Å². The fraction of sp³-hybridized carbons (Fsp3) is 0.667. The van der Waals surface area contributed by atoms with Gasteiger partial charge in [-0.05, 0) is 49.0 Å². The predicted octanol–water partition coefficient (Wildman–Crippen LogP) is 3.97. The van der Waals surface area contributed by atoms with Gasteiger partial charge in [0.2, 0.25) is 11.8 Å². The summed E-state index contributed by atoms with van der Waals surface area (Å²) in [6, 6.07) is 7.60. The van der Waals surface area contributed by atoms with Crippen molar-refractivity contribution in [2.24, 2.45) is 17.8 Å². The molecule has 1 saturated heterocycles. The molecule has 1 heterocycles. The van der Waals surface area contributed by atoms with Gasteiger partial charge in [-0.25, -0.2) is 4.79 Å². The number of hydrogen-bond acceptors (Lipinski definition) is 8. The number of ketones is 1. The number of aliphatic hydroxyl groups excluding tert-OH is 1. The van der Waals surface area contributed by atoms with Crippen LogP contribution in [0.4, 0.5) is 0 Å². The molecule has 0 unspecified atom stereocenters. The van der Waals surface area contributed by atoms with Crippen molar-refractivity contribution in [3.05, 3.63) is 35.9 Å². The Hall–Kier alpha value is -3.27. The lowest BCUT2D eigenvalue weighted by Gasteiger charge is -2.29. The molecule has 2 amide bonds. The van der Waals surface area contributed by atoms with Crippen molar-refractivity contribution in [2.45, 2.75) is 117 Å². The first-order valence-corrected chi connectivity index (χ1v) is 15.5. The summed E-state index contributed by atoms with van der Waals surface area (Å²) in [7, 11) is 0. The first-order chi connectivity index (χ1) is 20.3. The number of hydrogen-bond donors (Lipinski definition) is 2. The van der Waals surface area contributed by atoms with Crippen LogP contribution >= 0.6 is 0 Å². The number of carbonyl (C=O) groups is 5. The third-order valence-corrected chi connectivity index (χ3v) is 7.66. The number of benzene rings is 1. The molecule has 43 heavy (non-hydrogen) atoms. The minimum absolute atomic E-state index is 0.0438. The van der Waals surface area contributed by atoms with Crippen LogP contribution in [0, 0.1) is 17.8 Å². The van der Waals surface area contributed by atoms with Crippen LogP contribution in [-0.2, 0) is 40.1 Å². The highest BCUT2D eigenvalue weighted by Crippen LogP contribution is 2.22. The van der Waals surface area contributed by atoms with Crippen LogP contribution in [0.3, 0.4) is 0 Å². The maximum atomic E-state index is 13.6. The van der Waals surface area contributed by atoms with E-state index < -0.39 is 66.2 Å². The molecule has 0 aromatic heterocycles. The van der Waals surface area contributed by atoms with Gasteiger partial charge in [0.15, 0.2) is 11.9 Å². The van der Waals surface area contributed by atoms with Gasteiger partial charge in [0.05, 0.1) is 18.9 Å². The van der Waals surface area contributed by atoms with Gasteiger partial charge >= 0.3 is 11.9 Å².